The van der Waals surface area contributed by atoms with Crippen molar-refractivity contribution in [2.45, 2.75) is 35.0 Å². The molecule has 1 aromatic rings. The number of benzene rings is 1. The summed E-state index contributed by atoms with van der Waals surface area (Å²) < 4.78 is 6.13. The van der Waals surface area contributed by atoms with Crippen LogP contribution in [-0.4, -0.2) is 38.8 Å². The molecule has 2 amide bonds. The second kappa shape index (κ2) is 5.90. The molecule has 5 nitrogen and oxygen atoms in total. The Labute approximate surface area is 186 Å². The Balaban J connectivity index is 1.32. The molecule has 29 heavy (non-hydrogen) atoms. The van der Waals surface area contributed by atoms with Crippen molar-refractivity contribution >= 4 is 58.2 Å². The molecule has 3 heterocycles. The van der Waals surface area contributed by atoms with Gasteiger partial charge in [-0.1, -0.05) is 53.5 Å². The molecule has 0 spiro atoms. The molecule has 1 saturated carbocycles. The van der Waals surface area contributed by atoms with Gasteiger partial charge in [0.05, 0.1) is 43.9 Å². The van der Waals surface area contributed by atoms with E-state index in [4.69, 9.17) is 56.0 Å². The summed E-state index contributed by atoms with van der Waals surface area (Å²) in [5.41, 5.74) is 0.862. The van der Waals surface area contributed by atoms with E-state index in [1.54, 1.807) is 0 Å². The minimum atomic E-state index is -0.961. The minimum Gasteiger partial charge on any atom is -0.373 e. The number of allylic oxidation sites excluding steroid dienone is 2. The molecule has 9 heteroatoms. The van der Waals surface area contributed by atoms with Crippen molar-refractivity contribution in [3.05, 3.63) is 46.0 Å². The average molecular weight is 475 g/mol. The van der Waals surface area contributed by atoms with Crippen molar-refractivity contribution in [2.24, 2.45) is 23.7 Å². The summed E-state index contributed by atoms with van der Waals surface area (Å²) in [5.74, 6) is -2.59. The Morgan fingerprint density at radius 2 is 1.48 bits per heavy atom. The van der Waals surface area contributed by atoms with Crippen LogP contribution in [0.15, 0.2) is 40.4 Å². The van der Waals surface area contributed by atoms with Crippen LogP contribution in [0.1, 0.15) is 12.0 Å². The van der Waals surface area contributed by atoms with Crippen LogP contribution in [0.3, 0.4) is 0 Å². The second-order valence-corrected chi connectivity index (χ2v) is 10.5. The first kappa shape index (κ1) is 18.9. The number of imide groups is 1. The maximum Gasteiger partial charge on any atom is 0.260 e. The molecule has 2 aliphatic carbocycles. The molecule has 3 aliphatic heterocycles. The van der Waals surface area contributed by atoms with Crippen LogP contribution in [0.5, 0.6) is 0 Å². The van der Waals surface area contributed by atoms with E-state index in [2.05, 4.69) is 0 Å². The molecule has 3 saturated heterocycles. The van der Waals surface area contributed by atoms with E-state index in [9.17, 15) is 9.59 Å². The topological polar surface area (TPSA) is 55.8 Å². The van der Waals surface area contributed by atoms with Gasteiger partial charge in [-0.2, -0.15) is 5.06 Å². The number of nitrogens with zero attached hydrogens (tertiary/aromatic N) is 1. The van der Waals surface area contributed by atoms with Crippen LogP contribution >= 0.6 is 46.4 Å². The highest BCUT2D eigenvalue weighted by atomic mass is 35.5. The van der Waals surface area contributed by atoms with Crippen molar-refractivity contribution in [2.75, 3.05) is 0 Å². The molecular weight excluding hydrogens is 460 g/mol. The van der Waals surface area contributed by atoms with E-state index in [1.165, 1.54) is 0 Å². The second-order valence-electron chi connectivity index (χ2n) is 8.43. The molecule has 8 atom stereocenters. The summed E-state index contributed by atoms with van der Waals surface area (Å²) in [6.07, 6.45) is -0.690. The third kappa shape index (κ3) is 2.12. The fourth-order valence-corrected chi connectivity index (χ4v) is 8.12. The van der Waals surface area contributed by atoms with Crippen LogP contribution in [0, 0.1) is 23.7 Å². The highest BCUT2D eigenvalue weighted by molar-refractivity contribution is 6.51. The Hall–Kier alpha value is -0.820. The van der Waals surface area contributed by atoms with Crippen molar-refractivity contribution in [3.8, 4) is 0 Å². The predicted molar refractivity (Wildman–Crippen MR) is 106 cm³/mol. The first-order valence-electron chi connectivity index (χ1n) is 9.43. The highest BCUT2D eigenvalue weighted by Gasteiger charge is 2.82. The summed E-state index contributed by atoms with van der Waals surface area (Å²) >= 11 is 26.7. The van der Waals surface area contributed by atoms with Gasteiger partial charge in [-0.05, 0) is 12.0 Å². The molecule has 6 rings (SSSR count). The first-order chi connectivity index (χ1) is 13.8. The first-order valence-corrected chi connectivity index (χ1v) is 10.9. The highest BCUT2D eigenvalue weighted by Crippen LogP contribution is 2.75. The van der Waals surface area contributed by atoms with E-state index in [1.807, 2.05) is 30.3 Å². The van der Waals surface area contributed by atoms with Crippen LogP contribution in [0.2, 0.25) is 0 Å². The number of hydrogen-bond acceptors (Lipinski definition) is 4. The number of halogens is 4. The summed E-state index contributed by atoms with van der Waals surface area (Å²) in [6.45, 7) is 0.124. The summed E-state index contributed by atoms with van der Waals surface area (Å²) in [4.78, 5) is 29.9. The van der Waals surface area contributed by atoms with Crippen molar-refractivity contribution in [1.29, 1.82) is 0 Å². The fourth-order valence-electron chi connectivity index (χ4n) is 6.11. The van der Waals surface area contributed by atoms with Gasteiger partial charge in [-0.3, -0.25) is 14.4 Å². The largest absolute Gasteiger partial charge is 0.373 e. The van der Waals surface area contributed by atoms with E-state index in [0.29, 0.717) is 16.5 Å². The van der Waals surface area contributed by atoms with E-state index in [0.717, 1.165) is 10.6 Å². The Bertz CT molecular complexity index is 932. The molecule has 0 radical (unpaired) electrons. The van der Waals surface area contributed by atoms with Gasteiger partial charge in [0, 0.05) is 11.8 Å². The molecule has 0 N–H and O–H groups in total. The molecule has 152 valence electrons. The number of rotatable bonds is 3. The van der Waals surface area contributed by atoms with E-state index >= 15 is 0 Å². The van der Waals surface area contributed by atoms with Gasteiger partial charge in [0.15, 0.2) is 0 Å². The number of hydroxylamine groups is 2. The quantitative estimate of drug-likeness (QED) is 0.494. The van der Waals surface area contributed by atoms with Gasteiger partial charge in [-0.15, -0.1) is 23.2 Å². The zero-order chi connectivity index (χ0) is 20.3. The average Bonchev–Trinajstić information content (AvgIpc) is 3.43. The third-order valence-electron chi connectivity index (χ3n) is 7.17. The lowest BCUT2D eigenvalue weighted by Gasteiger charge is -2.40. The zero-order valence-corrected chi connectivity index (χ0v) is 17.9. The lowest BCUT2D eigenvalue weighted by molar-refractivity contribution is -0.196. The summed E-state index contributed by atoms with van der Waals surface area (Å²) in [6, 6.07) is 9.35. The summed E-state index contributed by atoms with van der Waals surface area (Å²) in [7, 11) is 0. The molecule has 4 bridgehead atoms. The molecule has 0 unspecified atom stereocenters. The lowest BCUT2D eigenvalue weighted by Crippen LogP contribution is -2.50. The standard InChI is InChI=1S/C20H15Cl4NO4/c21-15-16(22)20(24)7-19(15,23)11-12(20)14-10-9(13(11)29-14)17(26)25(18(10)27)28-6-8-4-2-1-3-5-8/h1-5,9-14H,6-7H2/t9-,10+,11+,12-,13+,14-,19-,20-/m0/s1. The smallest absolute Gasteiger partial charge is 0.260 e. The van der Waals surface area contributed by atoms with Gasteiger partial charge in [-0.25, -0.2) is 0 Å². The number of alkyl halides is 2. The number of amides is 2. The van der Waals surface area contributed by atoms with E-state index in [-0.39, 0.29) is 30.3 Å². The summed E-state index contributed by atoms with van der Waals surface area (Å²) in [5, 5.41) is 1.56. The van der Waals surface area contributed by atoms with Crippen LogP contribution in [-0.2, 0) is 25.8 Å². The van der Waals surface area contributed by atoms with E-state index < -0.39 is 33.8 Å². The molecule has 0 aromatic heterocycles. The van der Waals surface area contributed by atoms with Crippen LogP contribution in [0.4, 0.5) is 0 Å². The minimum absolute atomic E-state index is 0.124. The van der Waals surface area contributed by atoms with Crippen LogP contribution < -0.4 is 0 Å². The van der Waals surface area contributed by atoms with Crippen molar-refractivity contribution in [3.63, 3.8) is 0 Å². The lowest BCUT2D eigenvalue weighted by atomic mass is 9.65. The Morgan fingerprint density at radius 3 is 2.00 bits per heavy atom. The molecule has 4 fully saturated rings. The van der Waals surface area contributed by atoms with Gasteiger partial charge in [0.1, 0.15) is 6.61 Å². The maximum atomic E-state index is 13.1. The number of fused-ring (bicyclic) bond motifs is 12. The molecular formula is C20H15Cl4NO4. The zero-order valence-electron chi connectivity index (χ0n) is 14.9. The number of ether oxygens (including phenoxy) is 1. The SMILES string of the molecule is O=C1[C@@H]2[C@H]3O[C@@H]([C@@H]2C(=O)N1OCc1ccccc1)[C@@H]1[C@H]3[C@@]2(Cl)C[C@@]1(Cl)C(Cl)=C2Cl. The van der Waals surface area contributed by atoms with Crippen LogP contribution in [0.25, 0.3) is 0 Å². The Kier molecular flexibility index (Phi) is 3.85. The van der Waals surface area contributed by atoms with Crippen molar-refractivity contribution < 1.29 is 19.2 Å². The number of carbonyl (C=O) groups is 2. The predicted octanol–water partition coefficient (Wildman–Crippen LogP) is 3.79. The number of carbonyl (C=O) groups excluding carboxylic acids is 2. The fraction of sp³-hybridized carbons (Fsp3) is 0.500. The number of hydrogen-bond donors (Lipinski definition) is 0. The van der Waals surface area contributed by atoms with Gasteiger partial charge in [0.25, 0.3) is 11.8 Å². The maximum absolute atomic E-state index is 13.1. The van der Waals surface area contributed by atoms with Gasteiger partial charge in [0.2, 0.25) is 0 Å². The normalized spacial score (nSPS) is 46.8. The monoisotopic (exact) mass is 473 g/mol. The molecule has 1 aromatic carbocycles. The third-order valence-corrected chi connectivity index (χ3v) is 9.66. The van der Waals surface area contributed by atoms with Gasteiger partial charge >= 0.3 is 0 Å². The Morgan fingerprint density at radius 1 is 0.966 bits per heavy atom. The van der Waals surface area contributed by atoms with Crippen molar-refractivity contribution in [1.82, 2.24) is 5.06 Å². The molecule has 5 aliphatic rings. The van der Waals surface area contributed by atoms with Gasteiger partial charge < -0.3 is 4.74 Å².